The molecule has 19 heavy (non-hydrogen) atoms. The lowest BCUT2D eigenvalue weighted by atomic mass is 10.1. The van der Waals surface area contributed by atoms with Crippen LogP contribution in [0.25, 0.3) is 0 Å². The molecule has 2 nitrogen and oxygen atoms in total. The van der Waals surface area contributed by atoms with Gasteiger partial charge in [-0.2, -0.15) is 0 Å². The van der Waals surface area contributed by atoms with Gasteiger partial charge in [-0.25, -0.2) is 4.39 Å². The van der Waals surface area contributed by atoms with E-state index in [2.05, 4.69) is 22.6 Å². The molecule has 98 valence electrons. The number of hydrogen-bond acceptors (Lipinski definition) is 2. The second-order valence-corrected chi connectivity index (χ2v) is 5.60. The van der Waals surface area contributed by atoms with Gasteiger partial charge >= 0.3 is 0 Å². The fourth-order valence-corrected chi connectivity index (χ4v) is 2.67. The van der Waals surface area contributed by atoms with Gasteiger partial charge in [0.2, 0.25) is 0 Å². The third kappa shape index (κ3) is 2.83. The molecule has 1 aliphatic heterocycles. The fraction of sp³-hybridized carbons (Fsp3) is 0.200. The Kier molecular flexibility index (Phi) is 3.59. The quantitative estimate of drug-likeness (QED) is 0.765. The van der Waals surface area contributed by atoms with E-state index in [1.54, 1.807) is 6.07 Å². The van der Waals surface area contributed by atoms with Gasteiger partial charge in [0.15, 0.2) is 0 Å². The molecule has 1 atom stereocenters. The SMILES string of the molecule is Fc1ccc2c(c1)CC(COc1ccccc1I)O2. The first-order valence-electron chi connectivity index (χ1n) is 6.05. The number of ether oxygens (including phenoxy) is 2. The molecule has 3 rings (SSSR count). The summed E-state index contributed by atoms with van der Waals surface area (Å²) in [6.07, 6.45) is 0.643. The van der Waals surface area contributed by atoms with E-state index in [0.29, 0.717) is 13.0 Å². The zero-order chi connectivity index (χ0) is 13.2. The minimum absolute atomic E-state index is 0.0483. The lowest BCUT2D eigenvalue weighted by molar-refractivity contribution is 0.148. The van der Waals surface area contributed by atoms with Crippen molar-refractivity contribution in [3.8, 4) is 11.5 Å². The molecular formula is C15H12FIO2. The van der Waals surface area contributed by atoms with Gasteiger partial charge in [-0.05, 0) is 52.9 Å². The number of halogens is 2. The molecule has 1 aliphatic rings. The van der Waals surface area contributed by atoms with Crippen molar-refractivity contribution in [1.82, 2.24) is 0 Å². The van der Waals surface area contributed by atoms with Crippen LogP contribution in [0.2, 0.25) is 0 Å². The highest BCUT2D eigenvalue weighted by Gasteiger charge is 2.23. The molecule has 2 aromatic carbocycles. The summed E-state index contributed by atoms with van der Waals surface area (Å²) in [6.45, 7) is 0.469. The molecule has 0 bridgehead atoms. The number of rotatable bonds is 3. The monoisotopic (exact) mass is 370 g/mol. The summed E-state index contributed by atoms with van der Waals surface area (Å²) in [6, 6.07) is 12.5. The predicted molar refractivity (Wildman–Crippen MR) is 79.2 cm³/mol. The number of para-hydroxylation sites is 1. The second kappa shape index (κ2) is 5.36. The van der Waals surface area contributed by atoms with Crippen LogP contribution in [0.1, 0.15) is 5.56 Å². The van der Waals surface area contributed by atoms with Crippen LogP contribution in [0, 0.1) is 9.39 Å². The van der Waals surface area contributed by atoms with E-state index in [0.717, 1.165) is 20.6 Å². The molecule has 0 aromatic heterocycles. The van der Waals surface area contributed by atoms with Gasteiger partial charge in [0, 0.05) is 12.0 Å². The molecule has 0 saturated carbocycles. The Hall–Kier alpha value is -1.30. The molecule has 0 spiro atoms. The lowest BCUT2D eigenvalue weighted by Gasteiger charge is -2.13. The Balaban J connectivity index is 1.63. The molecule has 0 saturated heterocycles. The molecule has 2 aromatic rings. The third-order valence-electron chi connectivity index (χ3n) is 3.03. The van der Waals surface area contributed by atoms with Crippen LogP contribution in [0.15, 0.2) is 42.5 Å². The maximum Gasteiger partial charge on any atom is 0.137 e. The van der Waals surface area contributed by atoms with Crippen molar-refractivity contribution < 1.29 is 13.9 Å². The first-order valence-corrected chi connectivity index (χ1v) is 7.12. The van der Waals surface area contributed by atoms with Gasteiger partial charge in [0.1, 0.15) is 30.0 Å². The standard InChI is InChI=1S/C15H12FIO2/c16-11-5-6-14-10(7-11)8-12(19-14)9-18-15-4-2-1-3-13(15)17/h1-7,12H,8-9H2. The molecule has 0 N–H and O–H groups in total. The van der Waals surface area contributed by atoms with Crippen molar-refractivity contribution in [2.45, 2.75) is 12.5 Å². The molecule has 0 fully saturated rings. The number of fused-ring (bicyclic) bond motifs is 1. The van der Waals surface area contributed by atoms with E-state index in [4.69, 9.17) is 9.47 Å². The summed E-state index contributed by atoms with van der Waals surface area (Å²) in [5, 5.41) is 0. The molecule has 0 radical (unpaired) electrons. The van der Waals surface area contributed by atoms with Crippen LogP contribution in [-0.4, -0.2) is 12.7 Å². The van der Waals surface area contributed by atoms with Crippen LogP contribution in [-0.2, 0) is 6.42 Å². The fourth-order valence-electron chi connectivity index (χ4n) is 2.13. The molecule has 1 unspecified atom stereocenters. The predicted octanol–water partition coefficient (Wildman–Crippen LogP) is 3.81. The second-order valence-electron chi connectivity index (χ2n) is 4.44. The van der Waals surface area contributed by atoms with Gasteiger partial charge in [0.25, 0.3) is 0 Å². The Morgan fingerprint density at radius 2 is 2.11 bits per heavy atom. The van der Waals surface area contributed by atoms with Gasteiger partial charge in [0.05, 0.1) is 3.57 Å². The molecular weight excluding hydrogens is 358 g/mol. The van der Waals surface area contributed by atoms with Gasteiger partial charge in [-0.15, -0.1) is 0 Å². The number of hydrogen-bond donors (Lipinski definition) is 0. The maximum atomic E-state index is 13.1. The highest BCUT2D eigenvalue weighted by atomic mass is 127. The van der Waals surface area contributed by atoms with Crippen LogP contribution in [0.4, 0.5) is 4.39 Å². The normalized spacial score (nSPS) is 16.8. The number of benzene rings is 2. The van der Waals surface area contributed by atoms with Crippen molar-refractivity contribution in [2.24, 2.45) is 0 Å². The highest BCUT2D eigenvalue weighted by Crippen LogP contribution is 2.30. The van der Waals surface area contributed by atoms with E-state index in [1.165, 1.54) is 12.1 Å². The first-order chi connectivity index (χ1) is 9.22. The molecule has 0 aliphatic carbocycles. The zero-order valence-electron chi connectivity index (χ0n) is 10.1. The van der Waals surface area contributed by atoms with Crippen LogP contribution in [0.5, 0.6) is 11.5 Å². The van der Waals surface area contributed by atoms with Crippen LogP contribution >= 0.6 is 22.6 Å². The van der Waals surface area contributed by atoms with Crippen LogP contribution in [0.3, 0.4) is 0 Å². The van der Waals surface area contributed by atoms with E-state index < -0.39 is 0 Å². The van der Waals surface area contributed by atoms with Gasteiger partial charge in [-0.1, -0.05) is 12.1 Å². The van der Waals surface area contributed by atoms with Crippen molar-refractivity contribution in [1.29, 1.82) is 0 Å². The molecule has 0 amide bonds. The van der Waals surface area contributed by atoms with Crippen molar-refractivity contribution in [2.75, 3.05) is 6.61 Å². The highest BCUT2D eigenvalue weighted by molar-refractivity contribution is 14.1. The average molecular weight is 370 g/mol. The smallest absolute Gasteiger partial charge is 0.137 e. The maximum absolute atomic E-state index is 13.1. The Morgan fingerprint density at radius 3 is 2.95 bits per heavy atom. The average Bonchev–Trinajstić information content (AvgIpc) is 2.79. The van der Waals surface area contributed by atoms with Gasteiger partial charge in [-0.3, -0.25) is 0 Å². The first kappa shape index (κ1) is 12.7. The topological polar surface area (TPSA) is 18.5 Å². The molecule has 1 heterocycles. The van der Waals surface area contributed by atoms with Crippen molar-refractivity contribution >= 4 is 22.6 Å². The van der Waals surface area contributed by atoms with E-state index in [-0.39, 0.29) is 11.9 Å². The Labute approximate surface area is 124 Å². The molecule has 4 heteroatoms. The summed E-state index contributed by atoms with van der Waals surface area (Å²) in [5.41, 5.74) is 0.913. The van der Waals surface area contributed by atoms with E-state index in [9.17, 15) is 4.39 Å². The van der Waals surface area contributed by atoms with E-state index >= 15 is 0 Å². The van der Waals surface area contributed by atoms with Crippen molar-refractivity contribution in [3.05, 3.63) is 57.4 Å². The summed E-state index contributed by atoms with van der Waals surface area (Å²) in [5.74, 6) is 1.40. The van der Waals surface area contributed by atoms with Gasteiger partial charge < -0.3 is 9.47 Å². The summed E-state index contributed by atoms with van der Waals surface area (Å²) < 4.78 is 25.7. The Morgan fingerprint density at radius 1 is 1.26 bits per heavy atom. The van der Waals surface area contributed by atoms with Crippen molar-refractivity contribution in [3.63, 3.8) is 0 Å². The Bertz CT molecular complexity index is 600. The van der Waals surface area contributed by atoms with E-state index in [1.807, 2.05) is 24.3 Å². The minimum atomic E-state index is -0.221. The summed E-state index contributed by atoms with van der Waals surface area (Å²) in [4.78, 5) is 0. The minimum Gasteiger partial charge on any atom is -0.489 e. The largest absolute Gasteiger partial charge is 0.489 e. The summed E-state index contributed by atoms with van der Waals surface area (Å²) >= 11 is 2.24. The lowest BCUT2D eigenvalue weighted by Crippen LogP contribution is -2.22. The summed E-state index contributed by atoms with van der Waals surface area (Å²) in [7, 11) is 0. The zero-order valence-corrected chi connectivity index (χ0v) is 12.3. The third-order valence-corrected chi connectivity index (χ3v) is 3.92. The van der Waals surface area contributed by atoms with Crippen LogP contribution < -0.4 is 9.47 Å².